The molecular formula is C21H16N2O6S2. The number of rotatable bonds is 6. The molecule has 2 aromatic rings. The number of anilines is 1. The van der Waals surface area contributed by atoms with Crippen molar-refractivity contribution in [3.8, 4) is 0 Å². The van der Waals surface area contributed by atoms with Gasteiger partial charge in [0, 0.05) is 0 Å². The molecule has 1 fully saturated rings. The molecule has 0 bridgehead atoms. The molecule has 2 aromatic carbocycles. The van der Waals surface area contributed by atoms with Crippen molar-refractivity contribution in [1.29, 1.82) is 0 Å². The number of nitrogens with one attached hydrogen (secondary N) is 1. The van der Waals surface area contributed by atoms with Gasteiger partial charge in [-0.05, 0) is 36.8 Å². The lowest BCUT2D eigenvalue weighted by atomic mass is 10.1. The molecule has 31 heavy (non-hydrogen) atoms. The van der Waals surface area contributed by atoms with E-state index in [1.165, 1.54) is 0 Å². The molecule has 1 aliphatic heterocycles. The van der Waals surface area contributed by atoms with Crippen LogP contribution in [0.1, 0.15) is 31.8 Å². The second-order valence-electron chi connectivity index (χ2n) is 6.60. The summed E-state index contributed by atoms with van der Waals surface area (Å²) in [6.45, 7) is 1.51. The van der Waals surface area contributed by atoms with Crippen LogP contribution in [0.2, 0.25) is 0 Å². The minimum atomic E-state index is -1.33. The summed E-state index contributed by atoms with van der Waals surface area (Å²) < 4.78 is 0.191. The molecule has 8 nitrogen and oxygen atoms in total. The van der Waals surface area contributed by atoms with E-state index in [0.717, 1.165) is 46.0 Å². The van der Waals surface area contributed by atoms with Crippen LogP contribution in [-0.4, -0.2) is 49.7 Å². The summed E-state index contributed by atoms with van der Waals surface area (Å²) in [5.74, 6) is -3.76. The molecule has 0 spiro atoms. The van der Waals surface area contributed by atoms with Crippen LogP contribution in [0, 0.1) is 6.92 Å². The van der Waals surface area contributed by atoms with Crippen LogP contribution in [0.3, 0.4) is 0 Å². The van der Waals surface area contributed by atoms with Gasteiger partial charge in [-0.2, -0.15) is 0 Å². The van der Waals surface area contributed by atoms with Crippen LogP contribution in [0.15, 0.2) is 47.4 Å². The number of nitrogens with zero attached hydrogens (tertiary/aromatic N) is 1. The Balaban J connectivity index is 1.76. The van der Waals surface area contributed by atoms with E-state index in [1.807, 2.05) is 31.2 Å². The van der Waals surface area contributed by atoms with Crippen molar-refractivity contribution in [1.82, 2.24) is 4.90 Å². The van der Waals surface area contributed by atoms with Gasteiger partial charge in [0.25, 0.3) is 5.91 Å². The van der Waals surface area contributed by atoms with Crippen LogP contribution in [0.4, 0.5) is 5.69 Å². The monoisotopic (exact) mass is 456 g/mol. The summed E-state index contributed by atoms with van der Waals surface area (Å²) in [5, 5.41) is 20.7. The number of hydrogen-bond acceptors (Lipinski definition) is 6. The Morgan fingerprint density at radius 3 is 2.39 bits per heavy atom. The predicted octanol–water partition coefficient (Wildman–Crippen LogP) is 3.23. The third-order valence-corrected chi connectivity index (χ3v) is 5.70. The summed E-state index contributed by atoms with van der Waals surface area (Å²) in [6, 6.07) is 10.8. The van der Waals surface area contributed by atoms with Gasteiger partial charge in [-0.25, -0.2) is 9.59 Å². The van der Waals surface area contributed by atoms with Crippen LogP contribution in [0.5, 0.6) is 0 Å². The molecule has 10 heteroatoms. The van der Waals surface area contributed by atoms with Gasteiger partial charge in [0.2, 0.25) is 5.91 Å². The molecule has 0 saturated carbocycles. The summed E-state index contributed by atoms with van der Waals surface area (Å²) in [5.41, 5.74) is 1.24. The van der Waals surface area contributed by atoms with Crippen LogP contribution >= 0.6 is 24.0 Å². The molecule has 0 aliphatic carbocycles. The summed E-state index contributed by atoms with van der Waals surface area (Å²) in [7, 11) is 0. The lowest BCUT2D eigenvalue weighted by molar-refractivity contribution is -0.126. The highest BCUT2D eigenvalue weighted by Crippen LogP contribution is 2.32. The van der Waals surface area contributed by atoms with Crippen molar-refractivity contribution in [2.45, 2.75) is 6.92 Å². The standard InChI is InChI=1S/C21H16N2O6S2/c1-11-2-4-12(5-3-11)8-16-18(25)23(21(30)31-16)10-17(24)22-15-9-13(19(26)27)6-7-14(15)20(28)29/h2-9H,10H2,1H3,(H,22,24)(H,26,27)(H,28,29)/b16-8-. The quantitative estimate of drug-likeness (QED) is 0.447. The first kappa shape index (κ1) is 22.2. The number of hydrogen-bond donors (Lipinski definition) is 3. The zero-order valence-electron chi connectivity index (χ0n) is 16.1. The first-order valence-corrected chi connectivity index (χ1v) is 10.1. The second kappa shape index (κ2) is 9.11. The molecular weight excluding hydrogens is 440 g/mol. The number of carbonyl (C=O) groups is 4. The number of benzene rings is 2. The molecule has 1 heterocycles. The SMILES string of the molecule is Cc1ccc(/C=C2\SC(=S)N(CC(=O)Nc3cc(C(=O)O)ccc3C(=O)O)C2=O)cc1. The van der Waals surface area contributed by atoms with E-state index in [2.05, 4.69) is 5.32 Å². The van der Waals surface area contributed by atoms with Crippen LogP contribution in [-0.2, 0) is 9.59 Å². The van der Waals surface area contributed by atoms with Crippen molar-refractivity contribution in [2.24, 2.45) is 0 Å². The van der Waals surface area contributed by atoms with E-state index in [9.17, 15) is 24.3 Å². The number of carboxylic acid groups (broad SMARTS) is 2. The average molecular weight is 457 g/mol. The summed E-state index contributed by atoms with van der Waals surface area (Å²) >= 11 is 6.27. The first-order valence-electron chi connectivity index (χ1n) is 8.88. The Kier molecular flexibility index (Phi) is 6.52. The highest BCUT2D eigenvalue weighted by atomic mass is 32.2. The molecule has 0 aromatic heterocycles. The van der Waals surface area contributed by atoms with Gasteiger partial charge in [0.15, 0.2) is 0 Å². The molecule has 158 valence electrons. The maximum Gasteiger partial charge on any atom is 0.337 e. The Labute approximate surface area is 186 Å². The predicted molar refractivity (Wildman–Crippen MR) is 120 cm³/mol. The smallest absolute Gasteiger partial charge is 0.337 e. The first-order chi connectivity index (χ1) is 14.7. The Hall–Kier alpha value is -3.50. The highest BCUT2D eigenvalue weighted by molar-refractivity contribution is 8.26. The summed E-state index contributed by atoms with van der Waals surface area (Å²) in [6.07, 6.45) is 1.68. The molecule has 3 rings (SSSR count). The number of aromatic carboxylic acids is 2. The van der Waals surface area contributed by atoms with Gasteiger partial charge in [0.05, 0.1) is 21.7 Å². The molecule has 2 amide bonds. The Bertz CT molecular complexity index is 1140. The van der Waals surface area contributed by atoms with E-state index < -0.39 is 30.3 Å². The molecule has 0 atom stereocenters. The van der Waals surface area contributed by atoms with E-state index in [4.69, 9.17) is 17.3 Å². The van der Waals surface area contributed by atoms with Crippen molar-refractivity contribution >= 4 is 63.8 Å². The second-order valence-corrected chi connectivity index (χ2v) is 8.27. The molecule has 0 radical (unpaired) electrons. The minimum Gasteiger partial charge on any atom is -0.478 e. The largest absolute Gasteiger partial charge is 0.478 e. The zero-order chi connectivity index (χ0) is 22.7. The van der Waals surface area contributed by atoms with Gasteiger partial charge in [-0.15, -0.1) is 0 Å². The van der Waals surface area contributed by atoms with E-state index in [0.29, 0.717) is 4.91 Å². The van der Waals surface area contributed by atoms with Crippen molar-refractivity contribution in [3.05, 3.63) is 69.6 Å². The molecule has 1 saturated heterocycles. The number of aryl methyl sites for hydroxylation is 1. The normalized spacial score (nSPS) is 14.7. The van der Waals surface area contributed by atoms with Gasteiger partial charge >= 0.3 is 11.9 Å². The van der Waals surface area contributed by atoms with E-state index >= 15 is 0 Å². The number of amides is 2. The summed E-state index contributed by atoms with van der Waals surface area (Å²) in [4.78, 5) is 49.2. The lowest BCUT2D eigenvalue weighted by Gasteiger charge is -2.15. The Morgan fingerprint density at radius 1 is 1.10 bits per heavy atom. The van der Waals surface area contributed by atoms with Crippen molar-refractivity contribution in [3.63, 3.8) is 0 Å². The van der Waals surface area contributed by atoms with Gasteiger partial charge in [-0.3, -0.25) is 14.5 Å². The Morgan fingerprint density at radius 2 is 1.77 bits per heavy atom. The number of thiocarbonyl (C=S) groups is 1. The van der Waals surface area contributed by atoms with Crippen LogP contribution < -0.4 is 5.32 Å². The number of thioether (sulfide) groups is 1. The topological polar surface area (TPSA) is 124 Å². The fourth-order valence-corrected chi connectivity index (χ4v) is 4.01. The molecule has 3 N–H and O–H groups in total. The average Bonchev–Trinajstić information content (AvgIpc) is 2.96. The fraction of sp³-hybridized carbons (Fsp3) is 0.0952. The van der Waals surface area contributed by atoms with Gasteiger partial charge in [-0.1, -0.05) is 53.8 Å². The maximum atomic E-state index is 12.7. The molecule has 1 aliphatic rings. The van der Waals surface area contributed by atoms with Crippen LogP contribution in [0.25, 0.3) is 6.08 Å². The molecule has 0 unspecified atom stereocenters. The highest BCUT2D eigenvalue weighted by Gasteiger charge is 2.33. The van der Waals surface area contributed by atoms with E-state index in [-0.39, 0.29) is 21.1 Å². The third-order valence-electron chi connectivity index (χ3n) is 4.32. The minimum absolute atomic E-state index is 0.182. The van der Waals surface area contributed by atoms with Crippen molar-refractivity contribution in [2.75, 3.05) is 11.9 Å². The maximum absolute atomic E-state index is 12.7. The van der Waals surface area contributed by atoms with Crippen molar-refractivity contribution < 1.29 is 29.4 Å². The van der Waals surface area contributed by atoms with E-state index in [1.54, 1.807) is 6.08 Å². The number of carbonyl (C=O) groups excluding carboxylic acids is 2. The third kappa shape index (κ3) is 5.16. The fourth-order valence-electron chi connectivity index (χ4n) is 2.75. The number of carboxylic acids is 2. The lowest BCUT2D eigenvalue weighted by Crippen LogP contribution is -2.36. The van der Waals surface area contributed by atoms with Gasteiger partial charge in [0.1, 0.15) is 10.9 Å². The van der Waals surface area contributed by atoms with Gasteiger partial charge < -0.3 is 15.5 Å². The zero-order valence-corrected chi connectivity index (χ0v) is 17.8.